The quantitative estimate of drug-likeness (QED) is 0.789. The average molecular weight is 367 g/mol. The molecule has 0 saturated carbocycles. The molecule has 0 atom stereocenters. The predicted molar refractivity (Wildman–Crippen MR) is 99.4 cm³/mol. The Morgan fingerprint density at radius 2 is 1.96 bits per heavy atom. The van der Waals surface area contributed by atoms with E-state index >= 15 is 0 Å². The number of H-pyrrole nitrogens is 1. The molecule has 8 heteroatoms. The van der Waals surface area contributed by atoms with Crippen LogP contribution >= 0.6 is 12.4 Å². The van der Waals surface area contributed by atoms with Gasteiger partial charge in [0.15, 0.2) is 0 Å². The molecular formula is C17H23ClN4O3. The molecule has 2 aromatic rings. The van der Waals surface area contributed by atoms with Crippen LogP contribution in [-0.4, -0.2) is 40.0 Å². The van der Waals surface area contributed by atoms with E-state index in [-0.39, 0.29) is 18.3 Å². The molecule has 1 aliphatic rings. The van der Waals surface area contributed by atoms with Gasteiger partial charge in [-0.15, -0.1) is 12.4 Å². The third kappa shape index (κ3) is 3.62. The fourth-order valence-electron chi connectivity index (χ4n) is 3.28. The molecule has 0 unspecified atom stereocenters. The molecule has 136 valence electrons. The number of nitrogens with zero attached hydrogens (tertiary/aromatic N) is 2. The Kier molecular flexibility index (Phi) is 6.02. The zero-order valence-electron chi connectivity index (χ0n) is 14.2. The summed E-state index contributed by atoms with van der Waals surface area (Å²) in [4.78, 5) is 40.7. The van der Waals surface area contributed by atoms with E-state index in [1.165, 1.54) is 4.57 Å². The second kappa shape index (κ2) is 7.84. The first-order valence-electron chi connectivity index (χ1n) is 8.31. The molecule has 0 bridgehead atoms. The lowest BCUT2D eigenvalue weighted by atomic mass is 9.96. The van der Waals surface area contributed by atoms with E-state index in [4.69, 9.17) is 5.73 Å². The maximum Gasteiger partial charge on any atom is 0.316 e. The number of likely N-dealkylation sites (tertiary alicyclic amines) is 1. The summed E-state index contributed by atoms with van der Waals surface area (Å²) in [6, 6.07) is 5.08. The van der Waals surface area contributed by atoms with Crippen molar-refractivity contribution in [3.63, 3.8) is 0 Å². The maximum atomic E-state index is 12.7. The van der Waals surface area contributed by atoms with Crippen LogP contribution in [0.15, 0.2) is 27.8 Å². The Hall–Kier alpha value is -2.12. The molecule has 3 rings (SSSR count). The van der Waals surface area contributed by atoms with Crippen molar-refractivity contribution >= 4 is 29.3 Å². The van der Waals surface area contributed by atoms with E-state index in [2.05, 4.69) is 4.98 Å². The number of aromatic amines is 1. The summed E-state index contributed by atoms with van der Waals surface area (Å²) in [5, 5.41) is 0. The van der Waals surface area contributed by atoms with Gasteiger partial charge in [0, 0.05) is 25.2 Å². The minimum Gasteiger partial charge on any atom is -0.339 e. The highest BCUT2D eigenvalue weighted by molar-refractivity contribution is 5.97. The highest BCUT2D eigenvalue weighted by Crippen LogP contribution is 2.19. The first-order valence-corrected chi connectivity index (χ1v) is 8.31. The number of rotatable bonds is 3. The van der Waals surface area contributed by atoms with Crippen molar-refractivity contribution in [2.75, 3.05) is 19.6 Å². The highest BCUT2D eigenvalue weighted by Gasteiger charge is 2.23. The van der Waals surface area contributed by atoms with Crippen molar-refractivity contribution < 1.29 is 4.79 Å². The molecule has 0 spiro atoms. The van der Waals surface area contributed by atoms with Gasteiger partial charge in [-0.3, -0.25) is 14.4 Å². The summed E-state index contributed by atoms with van der Waals surface area (Å²) >= 11 is 0. The number of benzene rings is 1. The third-order valence-electron chi connectivity index (χ3n) is 4.77. The van der Waals surface area contributed by atoms with E-state index in [9.17, 15) is 14.4 Å². The Bertz CT molecular complexity index is 882. The van der Waals surface area contributed by atoms with E-state index in [1.807, 2.05) is 4.90 Å². The normalized spacial score (nSPS) is 15.2. The van der Waals surface area contributed by atoms with Crippen LogP contribution in [0, 0.1) is 5.92 Å². The molecule has 1 saturated heterocycles. The van der Waals surface area contributed by atoms with Gasteiger partial charge in [0.2, 0.25) is 0 Å². The molecule has 1 amide bonds. The second-order valence-electron chi connectivity index (χ2n) is 6.21. The van der Waals surface area contributed by atoms with Crippen LogP contribution < -0.4 is 16.9 Å². The molecule has 7 nitrogen and oxygen atoms in total. The largest absolute Gasteiger partial charge is 0.339 e. The molecule has 0 radical (unpaired) electrons. The van der Waals surface area contributed by atoms with Gasteiger partial charge >= 0.3 is 11.1 Å². The van der Waals surface area contributed by atoms with E-state index < -0.39 is 11.1 Å². The van der Waals surface area contributed by atoms with Gasteiger partial charge in [0.05, 0.1) is 11.0 Å². The topological polar surface area (TPSA) is 101 Å². The first kappa shape index (κ1) is 19.2. The summed E-state index contributed by atoms with van der Waals surface area (Å²) < 4.78 is 1.41. The van der Waals surface area contributed by atoms with Gasteiger partial charge in [0.25, 0.3) is 5.91 Å². The van der Waals surface area contributed by atoms with Crippen LogP contribution in [0.5, 0.6) is 0 Å². The van der Waals surface area contributed by atoms with Crippen LogP contribution in [0.3, 0.4) is 0 Å². The van der Waals surface area contributed by atoms with Gasteiger partial charge < -0.3 is 20.2 Å². The number of amides is 1. The molecule has 0 aliphatic carbocycles. The Labute approximate surface area is 151 Å². The van der Waals surface area contributed by atoms with Crippen LogP contribution in [0.1, 0.15) is 30.1 Å². The monoisotopic (exact) mass is 366 g/mol. The summed E-state index contributed by atoms with van der Waals surface area (Å²) in [5.74, 6) is 0.434. The Morgan fingerprint density at radius 3 is 2.56 bits per heavy atom. The number of fused-ring (bicyclic) bond motifs is 1. The lowest BCUT2D eigenvalue weighted by molar-refractivity contribution is 0.0693. The summed E-state index contributed by atoms with van der Waals surface area (Å²) in [7, 11) is 0. The molecule has 1 aromatic heterocycles. The number of hydrogen-bond donors (Lipinski definition) is 2. The molecule has 2 heterocycles. The maximum absolute atomic E-state index is 12.7. The second-order valence-corrected chi connectivity index (χ2v) is 6.21. The minimum atomic E-state index is -0.669. The third-order valence-corrected chi connectivity index (χ3v) is 4.77. The summed E-state index contributed by atoms with van der Waals surface area (Å²) in [6.07, 6.45) is 1.84. The fraction of sp³-hybridized carbons (Fsp3) is 0.471. The number of piperidine rings is 1. The predicted octanol–water partition coefficient (Wildman–Crippen LogP) is 0.942. The number of carbonyl (C=O) groups excluding carboxylic acids is 1. The summed E-state index contributed by atoms with van der Waals surface area (Å²) in [5.41, 5.74) is 6.09. The van der Waals surface area contributed by atoms with Gasteiger partial charge in [0.1, 0.15) is 0 Å². The molecular weight excluding hydrogens is 344 g/mol. The number of nitrogens with one attached hydrogen (secondary N) is 1. The van der Waals surface area contributed by atoms with Crippen molar-refractivity contribution in [1.82, 2.24) is 14.5 Å². The van der Waals surface area contributed by atoms with Crippen molar-refractivity contribution in [2.45, 2.75) is 26.3 Å². The van der Waals surface area contributed by atoms with Crippen molar-refractivity contribution in [1.29, 1.82) is 0 Å². The number of aryl methyl sites for hydroxylation is 1. The van der Waals surface area contributed by atoms with Crippen LogP contribution in [-0.2, 0) is 6.54 Å². The van der Waals surface area contributed by atoms with Crippen molar-refractivity contribution in [3.8, 4) is 0 Å². The van der Waals surface area contributed by atoms with Crippen LogP contribution in [0.4, 0.5) is 0 Å². The summed E-state index contributed by atoms with van der Waals surface area (Å²) in [6.45, 7) is 4.27. The van der Waals surface area contributed by atoms with E-state index in [0.717, 1.165) is 12.8 Å². The molecule has 1 aliphatic heterocycles. The number of halogens is 1. The standard InChI is InChI=1S/C17H22N4O3.ClH/c1-2-21-14-4-3-12(9-13(14)19-15(22)17(21)24)16(23)20-7-5-11(10-18)6-8-20;/h3-4,9,11H,2,5-8,10,18H2,1H3,(H,19,22);1H. The number of hydrogen-bond acceptors (Lipinski definition) is 4. The number of aromatic nitrogens is 2. The minimum absolute atomic E-state index is 0. The van der Waals surface area contributed by atoms with Gasteiger partial charge in [-0.2, -0.15) is 0 Å². The average Bonchev–Trinajstić information content (AvgIpc) is 2.62. The van der Waals surface area contributed by atoms with Gasteiger partial charge in [-0.1, -0.05) is 0 Å². The van der Waals surface area contributed by atoms with Crippen molar-refractivity contribution in [3.05, 3.63) is 44.5 Å². The van der Waals surface area contributed by atoms with Crippen LogP contribution in [0.2, 0.25) is 0 Å². The van der Waals surface area contributed by atoms with Gasteiger partial charge in [-0.25, -0.2) is 0 Å². The molecule has 1 fully saturated rings. The lowest BCUT2D eigenvalue weighted by Crippen LogP contribution is -2.40. The SMILES string of the molecule is CCn1c(=O)c(=O)[nH]c2cc(C(=O)N3CCC(CN)CC3)ccc21.Cl. The van der Waals surface area contributed by atoms with Gasteiger partial charge in [-0.05, 0) is 50.4 Å². The molecule has 25 heavy (non-hydrogen) atoms. The lowest BCUT2D eigenvalue weighted by Gasteiger charge is -2.31. The van der Waals surface area contributed by atoms with E-state index in [1.54, 1.807) is 25.1 Å². The highest BCUT2D eigenvalue weighted by atomic mass is 35.5. The fourth-order valence-corrected chi connectivity index (χ4v) is 3.28. The number of carbonyl (C=O) groups is 1. The number of nitrogens with two attached hydrogens (primary N) is 1. The van der Waals surface area contributed by atoms with Crippen molar-refractivity contribution in [2.24, 2.45) is 11.7 Å². The Balaban J connectivity index is 0.00000225. The zero-order chi connectivity index (χ0) is 17.3. The molecule has 1 aromatic carbocycles. The van der Waals surface area contributed by atoms with E-state index in [0.29, 0.717) is 48.7 Å². The van der Waals surface area contributed by atoms with Crippen LogP contribution in [0.25, 0.3) is 11.0 Å². The smallest absolute Gasteiger partial charge is 0.316 e. The first-order chi connectivity index (χ1) is 11.5. The Morgan fingerprint density at radius 1 is 1.28 bits per heavy atom. The zero-order valence-corrected chi connectivity index (χ0v) is 15.0. The molecule has 3 N–H and O–H groups in total.